The van der Waals surface area contributed by atoms with Gasteiger partial charge in [0.15, 0.2) is 0 Å². The quantitative estimate of drug-likeness (QED) is 0.747. The van der Waals surface area contributed by atoms with Gasteiger partial charge in [-0.3, -0.25) is 4.90 Å². The summed E-state index contributed by atoms with van der Waals surface area (Å²) in [5, 5.41) is 3.51. The Kier molecular flexibility index (Phi) is 5.86. The van der Waals surface area contributed by atoms with E-state index in [-0.39, 0.29) is 0 Å². The number of nitrogens with zero attached hydrogens (tertiary/aromatic N) is 1. The molecular formula is C16H30N2O. The van der Waals surface area contributed by atoms with Crippen molar-refractivity contribution >= 4 is 0 Å². The predicted molar refractivity (Wildman–Crippen MR) is 80.4 cm³/mol. The molecule has 0 saturated carbocycles. The van der Waals surface area contributed by atoms with Crippen LogP contribution in [-0.4, -0.2) is 49.8 Å². The van der Waals surface area contributed by atoms with Crippen molar-refractivity contribution < 1.29 is 4.74 Å². The molecule has 3 heteroatoms. The van der Waals surface area contributed by atoms with Crippen molar-refractivity contribution in [3.05, 3.63) is 11.6 Å². The second kappa shape index (κ2) is 7.41. The average Bonchev–Trinajstić information content (AvgIpc) is 2.76. The van der Waals surface area contributed by atoms with Crippen LogP contribution in [0.15, 0.2) is 11.6 Å². The summed E-state index contributed by atoms with van der Waals surface area (Å²) in [7, 11) is 0. The third kappa shape index (κ3) is 5.25. The summed E-state index contributed by atoms with van der Waals surface area (Å²) in [4.78, 5) is 2.55. The van der Waals surface area contributed by atoms with E-state index in [4.69, 9.17) is 4.74 Å². The summed E-state index contributed by atoms with van der Waals surface area (Å²) < 4.78 is 6.16. The first-order valence-electron chi connectivity index (χ1n) is 7.87. The third-order valence-corrected chi connectivity index (χ3v) is 3.99. The summed E-state index contributed by atoms with van der Waals surface area (Å²) >= 11 is 0. The molecule has 0 amide bonds. The minimum absolute atomic E-state index is 0.435. The van der Waals surface area contributed by atoms with Crippen molar-refractivity contribution in [3.63, 3.8) is 0 Å². The topological polar surface area (TPSA) is 24.5 Å². The van der Waals surface area contributed by atoms with Crippen LogP contribution < -0.4 is 5.32 Å². The van der Waals surface area contributed by atoms with Gasteiger partial charge in [0.1, 0.15) is 0 Å². The zero-order valence-corrected chi connectivity index (χ0v) is 12.8. The molecule has 0 aromatic rings. The lowest BCUT2D eigenvalue weighted by atomic mass is 10.1. The average molecular weight is 266 g/mol. The van der Waals surface area contributed by atoms with Crippen molar-refractivity contribution in [2.24, 2.45) is 5.92 Å². The lowest BCUT2D eigenvalue weighted by molar-refractivity contribution is 0.0243. The molecule has 2 aliphatic rings. The highest BCUT2D eigenvalue weighted by atomic mass is 16.5. The van der Waals surface area contributed by atoms with Gasteiger partial charge >= 0.3 is 0 Å². The molecule has 2 atom stereocenters. The second-order valence-electron chi connectivity index (χ2n) is 6.58. The van der Waals surface area contributed by atoms with Gasteiger partial charge in [-0.05, 0) is 38.6 Å². The Labute approximate surface area is 118 Å². The zero-order valence-electron chi connectivity index (χ0n) is 12.8. The molecule has 3 nitrogen and oxygen atoms in total. The maximum atomic E-state index is 6.16. The van der Waals surface area contributed by atoms with Crippen LogP contribution in [0, 0.1) is 5.92 Å². The first kappa shape index (κ1) is 15.0. The van der Waals surface area contributed by atoms with Crippen LogP contribution >= 0.6 is 0 Å². The fraction of sp³-hybridized carbons (Fsp3) is 0.875. The van der Waals surface area contributed by atoms with E-state index in [1.54, 1.807) is 0 Å². The molecule has 0 radical (unpaired) electrons. The van der Waals surface area contributed by atoms with Crippen LogP contribution in [-0.2, 0) is 4.74 Å². The molecular weight excluding hydrogens is 236 g/mol. The highest BCUT2D eigenvalue weighted by Gasteiger charge is 2.26. The Hall–Kier alpha value is -0.380. The normalized spacial score (nSPS) is 28.9. The van der Waals surface area contributed by atoms with E-state index < -0.39 is 0 Å². The lowest BCUT2D eigenvalue weighted by Gasteiger charge is -2.28. The molecule has 2 unspecified atom stereocenters. The number of ether oxygens (including phenoxy) is 1. The second-order valence-corrected chi connectivity index (χ2v) is 6.58. The van der Waals surface area contributed by atoms with Gasteiger partial charge in [-0.1, -0.05) is 25.5 Å². The Morgan fingerprint density at radius 1 is 1.37 bits per heavy atom. The summed E-state index contributed by atoms with van der Waals surface area (Å²) in [6, 6.07) is 0. The van der Waals surface area contributed by atoms with Gasteiger partial charge in [0.25, 0.3) is 0 Å². The maximum Gasteiger partial charge on any atom is 0.0707 e. The van der Waals surface area contributed by atoms with Gasteiger partial charge in [-0.2, -0.15) is 0 Å². The SMILES string of the molecule is CC1=CCCN(CC2CCC(CNCC(C)C)O2)C1. The van der Waals surface area contributed by atoms with Crippen molar-refractivity contribution in [1.29, 1.82) is 0 Å². The van der Waals surface area contributed by atoms with E-state index in [9.17, 15) is 0 Å². The Balaban J connectivity index is 1.63. The van der Waals surface area contributed by atoms with Gasteiger partial charge in [0, 0.05) is 26.2 Å². The fourth-order valence-electron chi connectivity index (χ4n) is 3.03. The monoisotopic (exact) mass is 266 g/mol. The van der Waals surface area contributed by atoms with Gasteiger partial charge in [0.05, 0.1) is 12.2 Å². The molecule has 19 heavy (non-hydrogen) atoms. The highest BCUT2D eigenvalue weighted by molar-refractivity contribution is 5.04. The van der Waals surface area contributed by atoms with Gasteiger partial charge in [-0.25, -0.2) is 0 Å². The fourth-order valence-corrected chi connectivity index (χ4v) is 3.03. The highest BCUT2D eigenvalue weighted by Crippen LogP contribution is 2.21. The Morgan fingerprint density at radius 3 is 2.89 bits per heavy atom. The molecule has 1 fully saturated rings. The van der Waals surface area contributed by atoms with Crippen molar-refractivity contribution in [1.82, 2.24) is 10.2 Å². The van der Waals surface area contributed by atoms with Crippen molar-refractivity contribution in [3.8, 4) is 0 Å². The Morgan fingerprint density at radius 2 is 2.16 bits per heavy atom. The smallest absolute Gasteiger partial charge is 0.0707 e. The summed E-state index contributed by atoms with van der Waals surface area (Å²) in [5.74, 6) is 0.723. The van der Waals surface area contributed by atoms with Gasteiger partial charge in [-0.15, -0.1) is 0 Å². The molecule has 0 bridgehead atoms. The molecule has 1 N–H and O–H groups in total. The molecule has 0 aromatic heterocycles. The van der Waals surface area contributed by atoms with Crippen molar-refractivity contribution in [2.45, 2.75) is 52.2 Å². The van der Waals surface area contributed by atoms with E-state index in [0.717, 1.165) is 32.1 Å². The third-order valence-electron chi connectivity index (χ3n) is 3.99. The summed E-state index contributed by atoms with van der Waals surface area (Å²) in [5.41, 5.74) is 1.51. The largest absolute Gasteiger partial charge is 0.372 e. The number of hydrogen-bond acceptors (Lipinski definition) is 3. The molecule has 2 rings (SSSR count). The van der Waals surface area contributed by atoms with Crippen LogP contribution in [0.5, 0.6) is 0 Å². The van der Waals surface area contributed by atoms with E-state index in [0.29, 0.717) is 12.2 Å². The molecule has 0 aromatic carbocycles. The zero-order chi connectivity index (χ0) is 13.7. The molecule has 0 aliphatic carbocycles. The van der Waals surface area contributed by atoms with E-state index in [2.05, 4.69) is 37.1 Å². The Bertz CT molecular complexity index is 301. The molecule has 1 saturated heterocycles. The number of hydrogen-bond donors (Lipinski definition) is 1. The number of nitrogens with one attached hydrogen (secondary N) is 1. The minimum atomic E-state index is 0.435. The van der Waals surface area contributed by atoms with Crippen molar-refractivity contribution in [2.75, 3.05) is 32.7 Å². The molecule has 2 heterocycles. The molecule has 2 aliphatic heterocycles. The number of rotatable bonds is 6. The standard InChI is InChI=1S/C16H30N2O/c1-13(2)9-17-10-15-6-7-16(19-15)12-18-8-4-5-14(3)11-18/h5,13,15-17H,4,6-12H2,1-3H3. The van der Waals surface area contributed by atoms with Gasteiger partial charge in [0.2, 0.25) is 0 Å². The van der Waals surface area contributed by atoms with E-state index in [1.165, 1.54) is 31.4 Å². The van der Waals surface area contributed by atoms with Gasteiger partial charge < -0.3 is 10.1 Å². The predicted octanol–water partition coefficient (Wildman–Crippen LogP) is 2.43. The molecule has 0 spiro atoms. The van der Waals surface area contributed by atoms with Crippen LogP contribution in [0.3, 0.4) is 0 Å². The summed E-state index contributed by atoms with van der Waals surface area (Å²) in [6.45, 7) is 12.3. The van der Waals surface area contributed by atoms with E-state index in [1.807, 2.05) is 0 Å². The first-order chi connectivity index (χ1) is 9.13. The maximum absolute atomic E-state index is 6.16. The van der Waals surface area contributed by atoms with Crippen LogP contribution in [0.1, 0.15) is 40.0 Å². The molecule has 110 valence electrons. The minimum Gasteiger partial charge on any atom is -0.372 e. The van der Waals surface area contributed by atoms with Crippen LogP contribution in [0.4, 0.5) is 0 Å². The van der Waals surface area contributed by atoms with E-state index >= 15 is 0 Å². The summed E-state index contributed by atoms with van der Waals surface area (Å²) in [6.07, 6.45) is 6.91. The van der Waals surface area contributed by atoms with Crippen LogP contribution in [0.2, 0.25) is 0 Å². The van der Waals surface area contributed by atoms with Crippen LogP contribution in [0.25, 0.3) is 0 Å². The lowest BCUT2D eigenvalue weighted by Crippen LogP contribution is -2.37. The first-order valence-corrected chi connectivity index (χ1v) is 7.87.